The summed E-state index contributed by atoms with van der Waals surface area (Å²) in [5, 5.41) is 0.751. The molecule has 25 heavy (non-hydrogen) atoms. The minimum absolute atomic E-state index is 0. The molecule has 1 saturated heterocycles. The van der Waals surface area contributed by atoms with Gasteiger partial charge in [-0.15, -0.1) is 24.2 Å². The van der Waals surface area contributed by atoms with Crippen LogP contribution in [0.1, 0.15) is 28.8 Å². The number of carbonyl (C=O) groups is 1. The fourth-order valence-electron chi connectivity index (χ4n) is 2.73. The average Bonchev–Trinajstić information content (AvgIpc) is 2.62. The molecule has 0 unspecified atom stereocenters. The lowest BCUT2D eigenvalue weighted by Gasteiger charge is -2.30. The summed E-state index contributed by atoms with van der Waals surface area (Å²) in [6, 6.07) is 16.0. The average molecular weight is 397 g/mol. The third-order valence-corrected chi connectivity index (χ3v) is 5.58. The molecule has 0 bridgehead atoms. The van der Waals surface area contributed by atoms with Crippen LogP contribution in [0.15, 0.2) is 53.4 Å². The van der Waals surface area contributed by atoms with Crippen molar-refractivity contribution in [3.63, 3.8) is 0 Å². The standard InChI is InChI=1S/C19H21ClN2OS.ClH/c20-16-5-7-18(8-6-16)24-13-14-1-3-15(4-2-14)19(23)22-11-9-17(21)10-12-22;/h1-8,17H,9-13,21H2;1H. The number of thioether (sulfide) groups is 1. The molecule has 2 N–H and O–H groups in total. The molecular formula is C19H22Cl2N2OS. The molecule has 2 aromatic rings. The number of nitrogens with zero attached hydrogens (tertiary/aromatic N) is 1. The Bertz CT molecular complexity index is 684. The van der Waals surface area contributed by atoms with Crippen molar-refractivity contribution in [1.29, 1.82) is 0 Å². The highest BCUT2D eigenvalue weighted by Crippen LogP contribution is 2.24. The van der Waals surface area contributed by atoms with E-state index in [0.29, 0.717) is 0 Å². The van der Waals surface area contributed by atoms with E-state index in [0.717, 1.165) is 42.3 Å². The maximum Gasteiger partial charge on any atom is 0.253 e. The topological polar surface area (TPSA) is 46.3 Å². The van der Waals surface area contributed by atoms with Gasteiger partial charge < -0.3 is 10.6 Å². The first kappa shape index (κ1) is 20.1. The van der Waals surface area contributed by atoms with Gasteiger partial charge in [0.25, 0.3) is 5.91 Å². The summed E-state index contributed by atoms with van der Waals surface area (Å²) >= 11 is 7.65. The minimum atomic E-state index is 0. The molecule has 0 atom stereocenters. The van der Waals surface area contributed by atoms with Crippen LogP contribution >= 0.6 is 35.8 Å². The van der Waals surface area contributed by atoms with Crippen LogP contribution in [-0.4, -0.2) is 29.9 Å². The third-order valence-electron chi connectivity index (χ3n) is 4.25. The summed E-state index contributed by atoms with van der Waals surface area (Å²) in [5.74, 6) is 0.980. The van der Waals surface area contributed by atoms with Gasteiger partial charge in [0.2, 0.25) is 0 Å². The van der Waals surface area contributed by atoms with Gasteiger partial charge in [0.05, 0.1) is 0 Å². The van der Waals surface area contributed by atoms with Gasteiger partial charge in [-0.25, -0.2) is 0 Å². The number of rotatable bonds is 4. The molecule has 1 fully saturated rings. The predicted octanol–water partition coefficient (Wildman–Crippen LogP) is 4.62. The SMILES string of the molecule is Cl.NC1CCN(C(=O)c2ccc(CSc3ccc(Cl)cc3)cc2)CC1. The van der Waals surface area contributed by atoms with E-state index in [9.17, 15) is 4.79 Å². The fraction of sp³-hybridized carbons (Fsp3) is 0.316. The van der Waals surface area contributed by atoms with E-state index in [1.54, 1.807) is 11.8 Å². The van der Waals surface area contributed by atoms with Crippen molar-refractivity contribution in [3.05, 3.63) is 64.7 Å². The molecule has 3 nitrogen and oxygen atoms in total. The highest BCUT2D eigenvalue weighted by atomic mass is 35.5. The van der Waals surface area contributed by atoms with E-state index in [1.807, 2.05) is 53.4 Å². The molecule has 1 heterocycles. The predicted molar refractivity (Wildman–Crippen MR) is 108 cm³/mol. The summed E-state index contributed by atoms with van der Waals surface area (Å²) in [6.45, 7) is 1.52. The summed E-state index contributed by atoms with van der Waals surface area (Å²) in [5.41, 5.74) is 7.85. The maximum absolute atomic E-state index is 12.5. The summed E-state index contributed by atoms with van der Waals surface area (Å²) in [4.78, 5) is 15.6. The van der Waals surface area contributed by atoms with Crippen LogP contribution < -0.4 is 5.73 Å². The molecular weight excluding hydrogens is 375 g/mol. The Labute approximate surface area is 164 Å². The van der Waals surface area contributed by atoms with Gasteiger partial charge in [-0.05, 0) is 54.8 Å². The molecule has 0 saturated carbocycles. The molecule has 134 valence electrons. The van der Waals surface area contributed by atoms with Gasteiger partial charge in [-0.1, -0.05) is 23.7 Å². The molecule has 3 rings (SSSR count). The number of benzene rings is 2. The fourth-order valence-corrected chi connectivity index (χ4v) is 3.71. The van der Waals surface area contributed by atoms with Gasteiger partial charge in [0.15, 0.2) is 0 Å². The number of carbonyl (C=O) groups excluding carboxylic acids is 1. The second kappa shape index (κ2) is 9.48. The molecule has 0 aromatic heterocycles. The summed E-state index contributed by atoms with van der Waals surface area (Å²) in [6.07, 6.45) is 1.78. The number of amides is 1. The van der Waals surface area contributed by atoms with Crippen molar-refractivity contribution >= 4 is 41.7 Å². The zero-order valence-corrected chi connectivity index (χ0v) is 16.2. The second-order valence-electron chi connectivity index (χ2n) is 6.07. The highest BCUT2D eigenvalue weighted by molar-refractivity contribution is 7.98. The van der Waals surface area contributed by atoms with Crippen LogP contribution in [0.5, 0.6) is 0 Å². The Kier molecular flexibility index (Phi) is 7.63. The zero-order valence-electron chi connectivity index (χ0n) is 13.9. The molecule has 0 aliphatic carbocycles. The number of hydrogen-bond acceptors (Lipinski definition) is 3. The van der Waals surface area contributed by atoms with Gasteiger partial charge in [-0.2, -0.15) is 0 Å². The number of hydrogen-bond donors (Lipinski definition) is 1. The molecule has 1 aliphatic heterocycles. The molecule has 0 spiro atoms. The van der Waals surface area contributed by atoms with E-state index >= 15 is 0 Å². The number of likely N-dealkylation sites (tertiary alicyclic amines) is 1. The smallest absolute Gasteiger partial charge is 0.253 e. The highest BCUT2D eigenvalue weighted by Gasteiger charge is 2.21. The Morgan fingerprint density at radius 2 is 1.68 bits per heavy atom. The maximum atomic E-state index is 12.5. The molecule has 1 aliphatic rings. The van der Waals surface area contributed by atoms with Gasteiger partial charge in [0, 0.05) is 40.4 Å². The Hall–Kier alpha value is -1.20. The minimum Gasteiger partial charge on any atom is -0.339 e. The first-order valence-electron chi connectivity index (χ1n) is 8.14. The normalized spacial score (nSPS) is 14.9. The number of piperidine rings is 1. The van der Waals surface area contributed by atoms with Crippen molar-refractivity contribution < 1.29 is 4.79 Å². The van der Waals surface area contributed by atoms with Crippen LogP contribution in [0.4, 0.5) is 0 Å². The first-order chi connectivity index (χ1) is 11.6. The molecule has 2 aromatic carbocycles. The van der Waals surface area contributed by atoms with Gasteiger partial charge in [-0.3, -0.25) is 4.79 Å². The van der Waals surface area contributed by atoms with Crippen molar-refractivity contribution in [3.8, 4) is 0 Å². The van der Waals surface area contributed by atoms with Gasteiger partial charge >= 0.3 is 0 Å². The zero-order chi connectivity index (χ0) is 16.9. The number of halogens is 2. The largest absolute Gasteiger partial charge is 0.339 e. The second-order valence-corrected chi connectivity index (χ2v) is 7.55. The van der Waals surface area contributed by atoms with Crippen LogP contribution in [0, 0.1) is 0 Å². The van der Waals surface area contributed by atoms with E-state index < -0.39 is 0 Å². The van der Waals surface area contributed by atoms with Crippen molar-refractivity contribution in [2.75, 3.05) is 13.1 Å². The quantitative estimate of drug-likeness (QED) is 0.766. The Morgan fingerprint density at radius 1 is 1.08 bits per heavy atom. The lowest BCUT2D eigenvalue weighted by molar-refractivity contribution is 0.0715. The summed E-state index contributed by atoms with van der Waals surface area (Å²) in [7, 11) is 0. The Balaban J connectivity index is 0.00000225. The first-order valence-corrected chi connectivity index (χ1v) is 9.50. The van der Waals surface area contributed by atoms with Crippen molar-refractivity contribution in [1.82, 2.24) is 4.90 Å². The van der Waals surface area contributed by atoms with Crippen LogP contribution in [-0.2, 0) is 5.75 Å². The lowest BCUT2D eigenvalue weighted by Crippen LogP contribution is -2.42. The van der Waals surface area contributed by atoms with Crippen LogP contribution in [0.25, 0.3) is 0 Å². The molecule has 6 heteroatoms. The van der Waals surface area contributed by atoms with Crippen LogP contribution in [0.3, 0.4) is 0 Å². The van der Waals surface area contributed by atoms with Crippen molar-refractivity contribution in [2.45, 2.75) is 29.5 Å². The number of nitrogens with two attached hydrogens (primary N) is 1. The van der Waals surface area contributed by atoms with E-state index in [1.165, 1.54) is 10.5 Å². The monoisotopic (exact) mass is 396 g/mol. The van der Waals surface area contributed by atoms with Crippen LogP contribution in [0.2, 0.25) is 5.02 Å². The molecule has 1 amide bonds. The lowest BCUT2D eigenvalue weighted by atomic mass is 10.0. The van der Waals surface area contributed by atoms with E-state index in [2.05, 4.69) is 0 Å². The van der Waals surface area contributed by atoms with Crippen molar-refractivity contribution in [2.24, 2.45) is 5.73 Å². The van der Waals surface area contributed by atoms with E-state index in [-0.39, 0.29) is 24.4 Å². The summed E-state index contributed by atoms with van der Waals surface area (Å²) < 4.78 is 0. The molecule has 0 radical (unpaired) electrons. The Morgan fingerprint density at radius 3 is 2.28 bits per heavy atom. The van der Waals surface area contributed by atoms with E-state index in [4.69, 9.17) is 17.3 Å². The van der Waals surface area contributed by atoms with Gasteiger partial charge in [0.1, 0.15) is 0 Å². The third kappa shape index (κ3) is 5.65.